The molecule has 1 aromatic rings. The van der Waals surface area contributed by atoms with Crippen molar-refractivity contribution in [3.8, 4) is 5.75 Å². The number of anilines is 1. The number of nitrogen functional groups attached to an aromatic ring is 1. The van der Waals surface area contributed by atoms with Crippen LogP contribution in [0, 0.1) is 0 Å². The number of nitrogens with one attached hydrogen (secondary N) is 2. The third kappa shape index (κ3) is 5.51. The largest absolute Gasteiger partial charge is 0.496 e. The lowest BCUT2D eigenvalue weighted by atomic mass is 10.1. The van der Waals surface area contributed by atoms with Crippen molar-refractivity contribution >= 4 is 17.7 Å². The average molecular weight is 309 g/mol. The number of carbonyl (C=O) groups excluding carboxylic acids is 2. The highest BCUT2D eigenvalue weighted by Gasteiger charge is 2.17. The minimum atomic E-state index is -0.556. The number of benzene rings is 1. The second kappa shape index (κ2) is 7.53. The molecular weight excluding hydrogens is 286 g/mol. The van der Waals surface area contributed by atoms with E-state index in [1.165, 1.54) is 7.11 Å². The van der Waals surface area contributed by atoms with Crippen LogP contribution in [-0.4, -0.2) is 37.8 Å². The fourth-order valence-corrected chi connectivity index (χ4v) is 1.70. The quantitative estimate of drug-likeness (QED) is 0.565. The standard InChI is InChI=1S/C15H23N3O4/c1-15(2,3)22-14(20)18-9-8-17-13(19)12-10(16)6-5-7-11(12)21-4/h5-7H,8-9,16H2,1-4H3,(H,17,19)(H,18,20). The van der Waals surface area contributed by atoms with Crippen molar-refractivity contribution in [2.45, 2.75) is 26.4 Å². The van der Waals surface area contributed by atoms with Crippen molar-refractivity contribution in [1.29, 1.82) is 0 Å². The van der Waals surface area contributed by atoms with Crippen LogP contribution in [0.4, 0.5) is 10.5 Å². The zero-order chi connectivity index (χ0) is 16.8. The van der Waals surface area contributed by atoms with Gasteiger partial charge in [0, 0.05) is 18.8 Å². The Morgan fingerprint density at radius 3 is 2.41 bits per heavy atom. The highest BCUT2D eigenvalue weighted by molar-refractivity contribution is 6.01. The fraction of sp³-hybridized carbons (Fsp3) is 0.467. The molecule has 0 fully saturated rings. The molecule has 0 atom stereocenters. The zero-order valence-corrected chi connectivity index (χ0v) is 13.4. The molecule has 0 spiro atoms. The summed E-state index contributed by atoms with van der Waals surface area (Å²) in [5, 5.41) is 5.21. The molecule has 0 aliphatic carbocycles. The van der Waals surface area contributed by atoms with Crippen LogP contribution in [0.3, 0.4) is 0 Å². The van der Waals surface area contributed by atoms with Crippen LogP contribution in [-0.2, 0) is 4.74 Å². The van der Waals surface area contributed by atoms with Gasteiger partial charge in [-0.2, -0.15) is 0 Å². The molecule has 0 saturated heterocycles. The number of hydrogen-bond acceptors (Lipinski definition) is 5. The highest BCUT2D eigenvalue weighted by atomic mass is 16.6. The summed E-state index contributed by atoms with van der Waals surface area (Å²) in [7, 11) is 1.47. The van der Waals surface area contributed by atoms with Crippen LogP contribution in [0.5, 0.6) is 5.75 Å². The van der Waals surface area contributed by atoms with E-state index in [1.807, 2.05) is 0 Å². The first-order valence-corrected chi connectivity index (χ1v) is 6.92. The number of alkyl carbamates (subject to hydrolysis) is 1. The molecule has 0 aromatic heterocycles. The minimum absolute atomic E-state index is 0.246. The van der Waals surface area contributed by atoms with Crippen molar-refractivity contribution in [2.75, 3.05) is 25.9 Å². The number of methoxy groups -OCH3 is 1. The van der Waals surface area contributed by atoms with Gasteiger partial charge in [-0.05, 0) is 32.9 Å². The van der Waals surface area contributed by atoms with E-state index in [2.05, 4.69) is 10.6 Å². The first-order valence-electron chi connectivity index (χ1n) is 6.92. The van der Waals surface area contributed by atoms with Crippen LogP contribution in [0.25, 0.3) is 0 Å². The smallest absolute Gasteiger partial charge is 0.407 e. The third-order valence-corrected chi connectivity index (χ3v) is 2.58. The summed E-state index contributed by atoms with van der Waals surface area (Å²) in [4.78, 5) is 23.5. The maximum absolute atomic E-state index is 12.1. The van der Waals surface area contributed by atoms with Crippen molar-refractivity contribution in [3.05, 3.63) is 23.8 Å². The SMILES string of the molecule is COc1cccc(N)c1C(=O)NCCNC(=O)OC(C)(C)C. The molecule has 7 heteroatoms. The predicted molar refractivity (Wildman–Crippen MR) is 84.0 cm³/mol. The van der Waals surface area contributed by atoms with Gasteiger partial charge in [0.15, 0.2) is 0 Å². The molecule has 0 heterocycles. The van der Waals surface area contributed by atoms with Crippen LogP contribution in [0.15, 0.2) is 18.2 Å². The summed E-state index contributed by atoms with van der Waals surface area (Å²) >= 11 is 0. The van der Waals surface area contributed by atoms with Crippen molar-refractivity contribution in [1.82, 2.24) is 10.6 Å². The van der Waals surface area contributed by atoms with E-state index >= 15 is 0 Å². The van der Waals surface area contributed by atoms with Crippen molar-refractivity contribution < 1.29 is 19.1 Å². The molecule has 1 aromatic carbocycles. The first-order chi connectivity index (χ1) is 10.2. The van der Waals surface area contributed by atoms with E-state index in [4.69, 9.17) is 15.2 Å². The molecule has 0 radical (unpaired) electrons. The van der Waals surface area contributed by atoms with Gasteiger partial charge in [0.1, 0.15) is 16.9 Å². The summed E-state index contributed by atoms with van der Waals surface area (Å²) in [5.41, 5.74) is 5.84. The third-order valence-electron chi connectivity index (χ3n) is 2.58. The van der Waals surface area contributed by atoms with Gasteiger partial charge in [0.05, 0.1) is 7.11 Å². The van der Waals surface area contributed by atoms with Crippen LogP contribution in [0.2, 0.25) is 0 Å². The molecule has 0 saturated carbocycles. The van der Waals surface area contributed by atoms with Crippen molar-refractivity contribution in [3.63, 3.8) is 0 Å². The lowest BCUT2D eigenvalue weighted by Gasteiger charge is -2.19. The molecule has 1 rings (SSSR count). The lowest BCUT2D eigenvalue weighted by molar-refractivity contribution is 0.0526. The summed E-state index contributed by atoms with van der Waals surface area (Å²) in [6, 6.07) is 4.98. The van der Waals surface area contributed by atoms with Crippen molar-refractivity contribution in [2.24, 2.45) is 0 Å². The Morgan fingerprint density at radius 2 is 1.82 bits per heavy atom. The highest BCUT2D eigenvalue weighted by Crippen LogP contribution is 2.23. The van der Waals surface area contributed by atoms with E-state index in [-0.39, 0.29) is 24.6 Å². The second-order valence-electron chi connectivity index (χ2n) is 5.61. The molecule has 0 aliphatic rings. The van der Waals surface area contributed by atoms with Gasteiger partial charge in [0.25, 0.3) is 5.91 Å². The van der Waals surface area contributed by atoms with Crippen LogP contribution < -0.4 is 21.1 Å². The number of rotatable bonds is 5. The van der Waals surface area contributed by atoms with Gasteiger partial charge >= 0.3 is 6.09 Å². The van der Waals surface area contributed by atoms with Crippen LogP contribution in [0.1, 0.15) is 31.1 Å². The van der Waals surface area contributed by atoms with E-state index in [9.17, 15) is 9.59 Å². The topological polar surface area (TPSA) is 103 Å². The molecule has 7 nitrogen and oxygen atoms in total. The lowest BCUT2D eigenvalue weighted by Crippen LogP contribution is -2.38. The second-order valence-corrected chi connectivity index (χ2v) is 5.61. The van der Waals surface area contributed by atoms with Crippen LogP contribution >= 0.6 is 0 Å². The Balaban J connectivity index is 2.46. The molecule has 0 unspecified atom stereocenters. The maximum Gasteiger partial charge on any atom is 0.407 e. The molecule has 4 N–H and O–H groups in total. The normalized spacial score (nSPS) is 10.7. The Kier molecular flexibility index (Phi) is 6.03. The van der Waals surface area contributed by atoms with Gasteiger partial charge in [-0.3, -0.25) is 4.79 Å². The van der Waals surface area contributed by atoms with E-state index in [0.29, 0.717) is 11.4 Å². The summed E-state index contributed by atoms with van der Waals surface area (Å²) in [6.45, 7) is 5.82. The van der Waals surface area contributed by atoms with Gasteiger partial charge in [0.2, 0.25) is 0 Å². The number of nitrogens with two attached hydrogens (primary N) is 1. The minimum Gasteiger partial charge on any atom is -0.496 e. The van der Waals surface area contributed by atoms with E-state index in [0.717, 1.165) is 0 Å². The van der Waals surface area contributed by atoms with Gasteiger partial charge < -0.3 is 25.8 Å². The van der Waals surface area contributed by atoms with Gasteiger partial charge in [-0.1, -0.05) is 6.07 Å². The van der Waals surface area contributed by atoms with Gasteiger partial charge in [-0.15, -0.1) is 0 Å². The van der Waals surface area contributed by atoms with Gasteiger partial charge in [-0.25, -0.2) is 4.79 Å². The number of ether oxygens (including phenoxy) is 2. The Labute approximate surface area is 130 Å². The molecule has 0 aliphatic heterocycles. The maximum atomic E-state index is 12.1. The Hall–Kier alpha value is -2.44. The Morgan fingerprint density at radius 1 is 1.18 bits per heavy atom. The number of amides is 2. The zero-order valence-electron chi connectivity index (χ0n) is 13.4. The summed E-state index contributed by atoms with van der Waals surface area (Å²) in [6.07, 6.45) is -0.529. The van der Waals surface area contributed by atoms with E-state index < -0.39 is 11.7 Å². The molecule has 22 heavy (non-hydrogen) atoms. The summed E-state index contributed by atoms with van der Waals surface area (Å²) in [5.74, 6) is 0.0403. The molecule has 2 amide bonds. The Bertz CT molecular complexity index is 538. The molecule has 0 bridgehead atoms. The molecule has 122 valence electrons. The fourth-order valence-electron chi connectivity index (χ4n) is 1.70. The number of carbonyl (C=O) groups is 2. The monoisotopic (exact) mass is 309 g/mol. The average Bonchev–Trinajstić information content (AvgIpc) is 2.41. The summed E-state index contributed by atoms with van der Waals surface area (Å²) < 4.78 is 10.2. The van der Waals surface area contributed by atoms with E-state index in [1.54, 1.807) is 39.0 Å². The number of hydrogen-bond donors (Lipinski definition) is 3. The first kappa shape index (κ1) is 17.6. The molecular formula is C15H23N3O4. The predicted octanol–water partition coefficient (Wildman–Crippen LogP) is 1.53.